The molecular weight excluding hydrogens is 408 g/mol. The van der Waals surface area contributed by atoms with E-state index in [9.17, 15) is 18.0 Å². The van der Waals surface area contributed by atoms with E-state index in [0.29, 0.717) is 5.69 Å². The summed E-state index contributed by atoms with van der Waals surface area (Å²) in [6.07, 6.45) is 0. The molecular formula is C21H18N2O6S. The summed E-state index contributed by atoms with van der Waals surface area (Å²) in [4.78, 5) is 23.4. The molecule has 30 heavy (non-hydrogen) atoms. The van der Waals surface area contributed by atoms with Crippen LogP contribution in [0.15, 0.2) is 77.7 Å². The first kappa shape index (κ1) is 20.9. The summed E-state index contributed by atoms with van der Waals surface area (Å²) in [5.41, 5.74) is 0.667. The van der Waals surface area contributed by atoms with E-state index in [1.807, 2.05) is 0 Å². The maximum atomic E-state index is 12.9. The molecule has 3 rings (SSSR count). The molecule has 0 spiro atoms. The van der Waals surface area contributed by atoms with Crippen molar-refractivity contribution in [3.63, 3.8) is 0 Å². The van der Waals surface area contributed by atoms with Crippen LogP contribution in [-0.2, 0) is 10.0 Å². The van der Waals surface area contributed by atoms with Crippen LogP contribution in [0.3, 0.4) is 0 Å². The van der Waals surface area contributed by atoms with Crippen molar-refractivity contribution in [3.8, 4) is 5.75 Å². The van der Waals surface area contributed by atoms with Crippen LogP contribution in [0.2, 0.25) is 0 Å². The monoisotopic (exact) mass is 426 g/mol. The van der Waals surface area contributed by atoms with Crippen molar-refractivity contribution in [3.05, 3.63) is 83.9 Å². The number of benzene rings is 3. The van der Waals surface area contributed by atoms with Gasteiger partial charge in [-0.1, -0.05) is 24.3 Å². The Hall–Kier alpha value is -3.85. The van der Waals surface area contributed by atoms with Crippen LogP contribution in [0.5, 0.6) is 5.75 Å². The topological polar surface area (TPSA) is 122 Å². The van der Waals surface area contributed by atoms with Crippen LogP contribution in [0.1, 0.15) is 20.7 Å². The van der Waals surface area contributed by atoms with E-state index in [2.05, 4.69) is 10.0 Å². The summed E-state index contributed by atoms with van der Waals surface area (Å²) in [5, 5.41) is 11.8. The number of rotatable bonds is 7. The summed E-state index contributed by atoms with van der Waals surface area (Å²) in [6, 6.07) is 18.1. The Bertz CT molecular complexity index is 1190. The van der Waals surface area contributed by atoms with Gasteiger partial charge in [-0.3, -0.25) is 9.52 Å². The van der Waals surface area contributed by atoms with E-state index < -0.39 is 21.9 Å². The van der Waals surface area contributed by atoms with Gasteiger partial charge in [0.1, 0.15) is 10.6 Å². The van der Waals surface area contributed by atoms with Gasteiger partial charge in [0, 0.05) is 16.9 Å². The number of hydrogen-bond acceptors (Lipinski definition) is 5. The predicted molar refractivity (Wildman–Crippen MR) is 112 cm³/mol. The number of nitrogens with one attached hydrogen (secondary N) is 2. The molecule has 0 atom stereocenters. The van der Waals surface area contributed by atoms with Crippen molar-refractivity contribution in [1.29, 1.82) is 0 Å². The van der Waals surface area contributed by atoms with Gasteiger partial charge in [0.15, 0.2) is 0 Å². The molecule has 0 aromatic heterocycles. The number of ether oxygens (including phenoxy) is 1. The van der Waals surface area contributed by atoms with Crippen molar-refractivity contribution < 1.29 is 27.9 Å². The Morgan fingerprint density at radius 3 is 2.23 bits per heavy atom. The molecule has 0 saturated carbocycles. The average molecular weight is 426 g/mol. The summed E-state index contributed by atoms with van der Waals surface area (Å²) >= 11 is 0. The third-order valence-electron chi connectivity index (χ3n) is 4.11. The fraction of sp³-hybridized carbons (Fsp3) is 0.0476. The zero-order valence-electron chi connectivity index (χ0n) is 15.8. The second-order valence-electron chi connectivity index (χ2n) is 6.18. The van der Waals surface area contributed by atoms with E-state index in [1.54, 1.807) is 30.3 Å². The molecule has 3 aromatic carbocycles. The Balaban J connectivity index is 1.93. The van der Waals surface area contributed by atoms with Gasteiger partial charge in [0.05, 0.1) is 12.7 Å². The van der Waals surface area contributed by atoms with Crippen molar-refractivity contribution in [2.75, 3.05) is 17.1 Å². The van der Waals surface area contributed by atoms with E-state index in [0.717, 1.165) is 0 Å². The third-order valence-corrected chi connectivity index (χ3v) is 5.51. The molecule has 3 N–H and O–H groups in total. The molecule has 8 nitrogen and oxygen atoms in total. The number of aromatic carboxylic acids is 1. The summed E-state index contributed by atoms with van der Waals surface area (Å²) in [6.45, 7) is 0. The zero-order chi connectivity index (χ0) is 21.7. The molecule has 0 aliphatic carbocycles. The van der Waals surface area contributed by atoms with E-state index in [4.69, 9.17) is 9.84 Å². The predicted octanol–water partition coefficient (Wildman–Crippen LogP) is 3.45. The number of carbonyl (C=O) groups is 2. The number of methoxy groups -OCH3 is 1. The van der Waals surface area contributed by atoms with E-state index in [1.165, 1.54) is 49.6 Å². The summed E-state index contributed by atoms with van der Waals surface area (Å²) < 4.78 is 33.3. The normalized spacial score (nSPS) is 10.8. The molecule has 1 amide bonds. The van der Waals surface area contributed by atoms with Gasteiger partial charge in [-0.25, -0.2) is 13.2 Å². The fourth-order valence-corrected chi connectivity index (χ4v) is 3.92. The highest BCUT2D eigenvalue weighted by molar-refractivity contribution is 7.92. The molecule has 0 aliphatic heterocycles. The Kier molecular flexibility index (Phi) is 6.03. The second kappa shape index (κ2) is 8.66. The van der Waals surface area contributed by atoms with Crippen molar-refractivity contribution >= 4 is 33.3 Å². The number of sulfonamides is 1. The van der Waals surface area contributed by atoms with Gasteiger partial charge in [0.25, 0.3) is 15.9 Å². The quantitative estimate of drug-likeness (QED) is 0.532. The number of carboxylic acids is 1. The maximum absolute atomic E-state index is 12.9. The highest BCUT2D eigenvalue weighted by Crippen LogP contribution is 2.27. The van der Waals surface area contributed by atoms with Gasteiger partial charge in [-0.05, 0) is 48.5 Å². The van der Waals surface area contributed by atoms with Gasteiger partial charge < -0.3 is 15.2 Å². The first-order valence-electron chi connectivity index (χ1n) is 8.71. The Morgan fingerprint density at radius 1 is 0.867 bits per heavy atom. The standard InChI is InChI=1S/C21H18N2O6S/c1-29-18-11-10-14(20(24)22-16-7-3-2-4-8-16)13-19(18)30(27,28)23-17-9-5-6-15(12-17)21(25)26/h2-13,23H,1H3,(H,22,24)(H,25,26). The van der Waals surface area contributed by atoms with Crippen LogP contribution < -0.4 is 14.8 Å². The second-order valence-corrected chi connectivity index (χ2v) is 7.83. The molecule has 0 bridgehead atoms. The molecule has 0 aliphatic rings. The van der Waals surface area contributed by atoms with Gasteiger partial charge in [-0.15, -0.1) is 0 Å². The van der Waals surface area contributed by atoms with Crippen LogP contribution >= 0.6 is 0 Å². The van der Waals surface area contributed by atoms with Crippen molar-refractivity contribution in [2.24, 2.45) is 0 Å². The van der Waals surface area contributed by atoms with E-state index >= 15 is 0 Å². The lowest BCUT2D eigenvalue weighted by Crippen LogP contribution is -2.17. The largest absolute Gasteiger partial charge is 0.495 e. The number of amides is 1. The highest BCUT2D eigenvalue weighted by Gasteiger charge is 2.22. The molecule has 9 heteroatoms. The molecule has 154 valence electrons. The first-order chi connectivity index (χ1) is 14.3. The van der Waals surface area contributed by atoms with E-state index in [-0.39, 0.29) is 27.5 Å². The molecule has 0 fully saturated rings. The Morgan fingerprint density at radius 2 is 1.57 bits per heavy atom. The number of carboxylic acid groups (broad SMARTS) is 1. The lowest BCUT2D eigenvalue weighted by Gasteiger charge is -2.13. The van der Waals surface area contributed by atoms with Gasteiger partial charge in [0.2, 0.25) is 0 Å². The SMILES string of the molecule is COc1ccc(C(=O)Nc2ccccc2)cc1S(=O)(=O)Nc1cccc(C(=O)O)c1. The first-order valence-corrected chi connectivity index (χ1v) is 10.2. The minimum absolute atomic E-state index is 0.0353. The molecule has 0 heterocycles. The molecule has 3 aromatic rings. The van der Waals surface area contributed by atoms with Crippen molar-refractivity contribution in [1.82, 2.24) is 0 Å². The zero-order valence-corrected chi connectivity index (χ0v) is 16.6. The van der Waals surface area contributed by atoms with Crippen LogP contribution in [0, 0.1) is 0 Å². The van der Waals surface area contributed by atoms with Crippen molar-refractivity contribution in [2.45, 2.75) is 4.90 Å². The smallest absolute Gasteiger partial charge is 0.335 e. The van der Waals surface area contributed by atoms with Crippen LogP contribution in [0.25, 0.3) is 0 Å². The minimum atomic E-state index is -4.18. The average Bonchev–Trinajstić information content (AvgIpc) is 2.73. The lowest BCUT2D eigenvalue weighted by molar-refractivity contribution is 0.0696. The number of para-hydroxylation sites is 1. The number of carbonyl (C=O) groups excluding carboxylic acids is 1. The number of hydrogen-bond donors (Lipinski definition) is 3. The fourth-order valence-electron chi connectivity index (χ4n) is 2.68. The number of anilines is 2. The Labute approximate surface area is 173 Å². The molecule has 0 unspecified atom stereocenters. The maximum Gasteiger partial charge on any atom is 0.335 e. The van der Waals surface area contributed by atoms with Gasteiger partial charge in [-0.2, -0.15) is 0 Å². The molecule has 0 radical (unpaired) electrons. The summed E-state index contributed by atoms with van der Waals surface area (Å²) in [7, 11) is -2.87. The molecule has 0 saturated heterocycles. The van der Waals surface area contributed by atoms with Crippen LogP contribution in [0.4, 0.5) is 11.4 Å². The lowest BCUT2D eigenvalue weighted by atomic mass is 10.2. The van der Waals surface area contributed by atoms with Crippen LogP contribution in [-0.4, -0.2) is 32.5 Å². The van der Waals surface area contributed by atoms with Gasteiger partial charge >= 0.3 is 5.97 Å². The minimum Gasteiger partial charge on any atom is -0.495 e. The third kappa shape index (κ3) is 4.76. The summed E-state index contributed by atoms with van der Waals surface area (Å²) in [5.74, 6) is -1.64. The highest BCUT2D eigenvalue weighted by atomic mass is 32.2.